The second kappa shape index (κ2) is 6.94. The summed E-state index contributed by atoms with van der Waals surface area (Å²) >= 11 is 0. The van der Waals surface area contributed by atoms with E-state index in [1.54, 1.807) is 30.3 Å². The fourth-order valence-corrected chi connectivity index (χ4v) is 2.13. The van der Waals surface area contributed by atoms with Crippen LogP contribution in [0.5, 0.6) is 0 Å². The predicted molar refractivity (Wildman–Crippen MR) is 82.8 cm³/mol. The number of carbonyl (C=O) groups excluding carboxylic acids is 2. The first kappa shape index (κ1) is 18.5. The topological polar surface area (TPSA) is 75.6 Å². The number of alkyl halides is 3. The van der Waals surface area contributed by atoms with Gasteiger partial charge in [-0.15, -0.1) is 0 Å². The van der Waals surface area contributed by atoms with Gasteiger partial charge in [-0.25, -0.2) is 4.79 Å². The third kappa shape index (κ3) is 3.63. The van der Waals surface area contributed by atoms with Crippen molar-refractivity contribution in [2.75, 3.05) is 12.4 Å². The van der Waals surface area contributed by atoms with Gasteiger partial charge in [0.2, 0.25) is 0 Å². The minimum atomic E-state index is -5.27. The number of methoxy groups -OCH3 is 1. The summed E-state index contributed by atoms with van der Waals surface area (Å²) in [5.41, 5.74) is -3.94. The molecule has 2 rings (SSSR count). The predicted octanol–water partition coefficient (Wildman–Crippen LogP) is 2.86. The van der Waals surface area contributed by atoms with Crippen molar-refractivity contribution in [3.63, 3.8) is 0 Å². The molecule has 0 heterocycles. The quantitative estimate of drug-likeness (QED) is 0.829. The van der Waals surface area contributed by atoms with Crippen molar-refractivity contribution < 1.29 is 32.6 Å². The first-order valence-electron chi connectivity index (χ1n) is 7.04. The maximum atomic E-state index is 13.1. The molecule has 1 atom stereocenters. The normalized spacial score (nSPS) is 13.6. The van der Waals surface area contributed by atoms with E-state index in [1.807, 2.05) is 0 Å². The number of benzene rings is 2. The number of hydrogen-bond acceptors (Lipinski definition) is 4. The standard InChI is InChI=1S/C17H14F3NO4/c1-25-15(23)16(24,17(18,19)20)12-7-9-13(10-8-12)21-14(22)11-5-3-2-4-6-11/h2-10,24H,1H3,(H,21,22)/t16-/m0/s1. The molecule has 132 valence electrons. The van der Waals surface area contributed by atoms with Crippen LogP contribution in [0.4, 0.5) is 18.9 Å². The molecule has 0 aliphatic carbocycles. The number of halogens is 3. The third-order valence-electron chi connectivity index (χ3n) is 3.49. The SMILES string of the molecule is COC(=O)[C@@](O)(c1ccc(NC(=O)c2ccccc2)cc1)C(F)(F)F. The van der Waals surface area contributed by atoms with Crippen molar-refractivity contribution >= 4 is 17.6 Å². The molecule has 8 heteroatoms. The lowest BCUT2D eigenvalue weighted by Crippen LogP contribution is -2.49. The largest absolute Gasteiger partial charge is 0.466 e. The Morgan fingerprint density at radius 2 is 1.56 bits per heavy atom. The summed E-state index contributed by atoms with van der Waals surface area (Å²) in [6.07, 6.45) is -5.27. The molecule has 0 aliphatic heterocycles. The van der Waals surface area contributed by atoms with Gasteiger partial charge >= 0.3 is 12.1 Å². The van der Waals surface area contributed by atoms with E-state index in [0.29, 0.717) is 5.56 Å². The average Bonchev–Trinajstić information content (AvgIpc) is 2.60. The van der Waals surface area contributed by atoms with Crippen LogP contribution in [0.1, 0.15) is 15.9 Å². The molecule has 0 bridgehead atoms. The van der Waals surface area contributed by atoms with Crippen LogP contribution in [0.3, 0.4) is 0 Å². The summed E-state index contributed by atoms with van der Waals surface area (Å²) < 4.78 is 43.5. The van der Waals surface area contributed by atoms with Crippen LogP contribution in [0.15, 0.2) is 54.6 Å². The van der Waals surface area contributed by atoms with Crippen LogP contribution >= 0.6 is 0 Å². The van der Waals surface area contributed by atoms with Crippen LogP contribution in [-0.2, 0) is 15.1 Å². The zero-order chi connectivity index (χ0) is 18.7. The Morgan fingerprint density at radius 1 is 1.00 bits per heavy atom. The zero-order valence-electron chi connectivity index (χ0n) is 13.0. The fourth-order valence-electron chi connectivity index (χ4n) is 2.13. The summed E-state index contributed by atoms with van der Waals surface area (Å²) in [7, 11) is 0.744. The highest BCUT2D eigenvalue weighted by Crippen LogP contribution is 2.40. The first-order valence-corrected chi connectivity index (χ1v) is 7.04. The van der Waals surface area contributed by atoms with E-state index in [-0.39, 0.29) is 5.69 Å². The number of esters is 1. The van der Waals surface area contributed by atoms with Gasteiger partial charge in [-0.05, 0) is 24.3 Å². The number of ether oxygens (including phenoxy) is 1. The van der Waals surface area contributed by atoms with Gasteiger partial charge in [0, 0.05) is 16.8 Å². The van der Waals surface area contributed by atoms with Gasteiger partial charge in [0.25, 0.3) is 11.5 Å². The molecule has 2 aromatic carbocycles. The summed E-state index contributed by atoms with van der Waals surface area (Å²) in [6.45, 7) is 0. The summed E-state index contributed by atoms with van der Waals surface area (Å²) in [6, 6.07) is 12.3. The molecule has 0 spiro atoms. The minimum absolute atomic E-state index is 0.201. The van der Waals surface area contributed by atoms with Crippen LogP contribution in [0.2, 0.25) is 0 Å². The van der Waals surface area contributed by atoms with Gasteiger partial charge in [0.05, 0.1) is 7.11 Å². The van der Waals surface area contributed by atoms with E-state index in [1.165, 1.54) is 0 Å². The lowest BCUT2D eigenvalue weighted by Gasteiger charge is -2.28. The van der Waals surface area contributed by atoms with Gasteiger partial charge in [-0.2, -0.15) is 13.2 Å². The molecule has 25 heavy (non-hydrogen) atoms. The smallest absolute Gasteiger partial charge is 0.432 e. The van der Waals surface area contributed by atoms with Crippen molar-refractivity contribution in [2.24, 2.45) is 0 Å². The van der Waals surface area contributed by atoms with Crippen molar-refractivity contribution in [1.29, 1.82) is 0 Å². The molecule has 0 radical (unpaired) electrons. The van der Waals surface area contributed by atoms with Gasteiger partial charge in [-0.1, -0.05) is 30.3 Å². The molecule has 0 fully saturated rings. The van der Waals surface area contributed by atoms with E-state index in [9.17, 15) is 27.9 Å². The molecule has 5 nitrogen and oxygen atoms in total. The summed E-state index contributed by atoms with van der Waals surface area (Å²) in [4.78, 5) is 23.5. The summed E-state index contributed by atoms with van der Waals surface area (Å²) in [5.74, 6) is -2.30. The van der Waals surface area contributed by atoms with Crippen molar-refractivity contribution in [3.05, 3.63) is 65.7 Å². The number of hydrogen-bond donors (Lipinski definition) is 2. The van der Waals surface area contributed by atoms with Crippen molar-refractivity contribution in [2.45, 2.75) is 11.8 Å². The second-order valence-corrected chi connectivity index (χ2v) is 5.10. The Bertz CT molecular complexity index is 760. The molecular formula is C17H14F3NO4. The maximum absolute atomic E-state index is 13.1. The Hall–Kier alpha value is -2.87. The monoisotopic (exact) mass is 353 g/mol. The molecule has 1 amide bonds. The minimum Gasteiger partial charge on any atom is -0.466 e. The maximum Gasteiger partial charge on any atom is 0.432 e. The lowest BCUT2D eigenvalue weighted by atomic mass is 9.93. The highest BCUT2D eigenvalue weighted by Gasteiger charge is 2.62. The average molecular weight is 353 g/mol. The number of carbonyl (C=O) groups is 2. The van der Waals surface area contributed by atoms with Crippen molar-refractivity contribution in [1.82, 2.24) is 0 Å². The van der Waals surface area contributed by atoms with Gasteiger partial charge in [-0.3, -0.25) is 4.79 Å². The van der Waals surface area contributed by atoms with Gasteiger partial charge in [0.15, 0.2) is 0 Å². The molecule has 0 saturated heterocycles. The Balaban J connectivity index is 2.26. The van der Waals surface area contributed by atoms with Gasteiger partial charge in [0.1, 0.15) is 0 Å². The van der Waals surface area contributed by atoms with Crippen LogP contribution in [0.25, 0.3) is 0 Å². The lowest BCUT2D eigenvalue weighted by molar-refractivity contribution is -0.266. The van der Waals surface area contributed by atoms with Crippen LogP contribution in [-0.4, -0.2) is 30.3 Å². The van der Waals surface area contributed by atoms with Crippen LogP contribution < -0.4 is 5.32 Å². The second-order valence-electron chi connectivity index (χ2n) is 5.10. The Labute approximate surface area is 141 Å². The van der Waals surface area contributed by atoms with Gasteiger partial charge < -0.3 is 15.2 Å². The fraction of sp³-hybridized carbons (Fsp3) is 0.176. The van der Waals surface area contributed by atoms with E-state index >= 15 is 0 Å². The molecular weight excluding hydrogens is 339 g/mol. The highest BCUT2D eigenvalue weighted by molar-refractivity contribution is 6.04. The number of anilines is 1. The zero-order valence-corrected chi connectivity index (χ0v) is 13.0. The molecule has 0 aromatic heterocycles. The molecule has 0 unspecified atom stereocenters. The molecule has 2 aromatic rings. The van der Waals surface area contributed by atoms with E-state index < -0.39 is 29.2 Å². The van der Waals surface area contributed by atoms with Crippen LogP contribution in [0, 0.1) is 0 Å². The van der Waals surface area contributed by atoms with E-state index in [4.69, 9.17) is 0 Å². The Morgan fingerprint density at radius 3 is 2.04 bits per heavy atom. The van der Waals surface area contributed by atoms with E-state index in [0.717, 1.165) is 31.4 Å². The summed E-state index contributed by atoms with van der Waals surface area (Å²) in [5, 5.41) is 12.4. The third-order valence-corrected chi connectivity index (χ3v) is 3.49. The molecule has 0 aliphatic rings. The highest BCUT2D eigenvalue weighted by atomic mass is 19.4. The first-order chi connectivity index (χ1) is 11.7. The Kier molecular flexibility index (Phi) is 5.13. The van der Waals surface area contributed by atoms with Crippen molar-refractivity contribution in [3.8, 4) is 0 Å². The molecule has 2 N–H and O–H groups in total. The molecule has 0 saturated carbocycles. The van der Waals surface area contributed by atoms with E-state index in [2.05, 4.69) is 10.1 Å². The number of amides is 1. The number of nitrogens with one attached hydrogen (secondary N) is 1. The number of aliphatic hydroxyl groups is 1. The number of rotatable bonds is 4.